The zero-order valence-corrected chi connectivity index (χ0v) is 15.4. The highest BCUT2D eigenvalue weighted by atomic mass is 35.5. The van der Waals surface area contributed by atoms with Crippen LogP contribution in [-0.2, 0) is 6.42 Å². The van der Waals surface area contributed by atoms with E-state index in [9.17, 15) is 5.26 Å². The van der Waals surface area contributed by atoms with Crippen LogP contribution in [0, 0.1) is 11.3 Å². The van der Waals surface area contributed by atoms with Crippen molar-refractivity contribution < 1.29 is 0 Å². The van der Waals surface area contributed by atoms with Crippen LogP contribution < -0.4 is 5.32 Å². The molecule has 2 aromatic heterocycles. The van der Waals surface area contributed by atoms with Crippen LogP contribution in [0.4, 0.5) is 5.82 Å². The third-order valence-electron chi connectivity index (χ3n) is 4.63. The molecule has 0 radical (unpaired) electrons. The quantitative estimate of drug-likeness (QED) is 0.451. The molecule has 0 amide bonds. The zero-order valence-electron chi connectivity index (χ0n) is 14.7. The number of halogens is 1. The van der Waals surface area contributed by atoms with E-state index in [-0.39, 0.29) is 0 Å². The maximum atomic E-state index is 9.85. The Labute approximate surface area is 163 Å². The Hall–Kier alpha value is -3.22. The maximum absolute atomic E-state index is 9.85. The van der Waals surface area contributed by atoms with Gasteiger partial charge >= 0.3 is 0 Å². The molecule has 0 aliphatic rings. The fraction of sp³-hybridized carbons (Fsp3) is 0.0870. The molecule has 0 saturated carbocycles. The molecule has 3 nitrogen and oxygen atoms in total. The third-order valence-corrected chi connectivity index (χ3v) is 4.93. The van der Waals surface area contributed by atoms with E-state index in [2.05, 4.69) is 23.5 Å². The van der Waals surface area contributed by atoms with Gasteiger partial charge in [-0.05, 0) is 29.7 Å². The summed E-state index contributed by atoms with van der Waals surface area (Å²) >= 11 is 6.50. The van der Waals surface area contributed by atoms with E-state index >= 15 is 0 Å². The number of fused-ring (bicyclic) bond motifs is 1. The summed E-state index contributed by atoms with van der Waals surface area (Å²) in [5.74, 6) is 0.856. The zero-order chi connectivity index (χ0) is 18.6. The van der Waals surface area contributed by atoms with Crippen LogP contribution in [0.25, 0.3) is 16.6 Å². The lowest BCUT2D eigenvalue weighted by Crippen LogP contribution is -2.08. The van der Waals surface area contributed by atoms with E-state index in [4.69, 9.17) is 11.6 Å². The number of nitrogens with one attached hydrogen (secondary N) is 1. The first-order valence-electron chi connectivity index (χ1n) is 8.86. The van der Waals surface area contributed by atoms with Crippen molar-refractivity contribution in [3.63, 3.8) is 0 Å². The first-order chi connectivity index (χ1) is 13.3. The van der Waals surface area contributed by atoms with Gasteiger partial charge in [0.05, 0.1) is 11.1 Å². The van der Waals surface area contributed by atoms with E-state index in [1.54, 1.807) is 0 Å². The first-order valence-corrected chi connectivity index (χ1v) is 9.23. The minimum atomic E-state index is 0.577. The monoisotopic (exact) mass is 371 g/mol. The summed E-state index contributed by atoms with van der Waals surface area (Å²) in [5.41, 5.74) is 4.59. The number of anilines is 1. The fourth-order valence-corrected chi connectivity index (χ4v) is 3.65. The Morgan fingerprint density at radius 1 is 0.889 bits per heavy atom. The lowest BCUT2D eigenvalue weighted by molar-refractivity contribution is 0.999. The van der Waals surface area contributed by atoms with Gasteiger partial charge in [0.25, 0.3) is 0 Å². The molecule has 27 heavy (non-hydrogen) atoms. The van der Waals surface area contributed by atoms with Crippen LogP contribution in [-0.4, -0.2) is 10.9 Å². The van der Waals surface area contributed by atoms with Gasteiger partial charge in [-0.2, -0.15) is 5.26 Å². The lowest BCUT2D eigenvalue weighted by atomic mass is 10.0. The summed E-state index contributed by atoms with van der Waals surface area (Å²) < 4.78 is 1.92. The predicted octanol–water partition coefficient (Wildman–Crippen LogP) is 5.79. The molecule has 2 aromatic carbocycles. The molecule has 0 fully saturated rings. The van der Waals surface area contributed by atoms with Crippen LogP contribution in [0.2, 0.25) is 5.15 Å². The molecule has 0 aliphatic heterocycles. The van der Waals surface area contributed by atoms with Gasteiger partial charge in [0.2, 0.25) is 0 Å². The Balaban J connectivity index is 1.81. The van der Waals surface area contributed by atoms with Crippen molar-refractivity contribution >= 4 is 22.9 Å². The second-order valence-corrected chi connectivity index (χ2v) is 6.70. The number of hydrogen-bond donors (Lipinski definition) is 1. The second kappa shape index (κ2) is 7.57. The average molecular weight is 372 g/mol. The van der Waals surface area contributed by atoms with Gasteiger partial charge in [-0.25, -0.2) is 0 Å². The highest BCUT2D eigenvalue weighted by Gasteiger charge is 2.20. The molecule has 0 spiro atoms. The van der Waals surface area contributed by atoms with Gasteiger partial charge < -0.3 is 5.32 Å². The molecule has 0 saturated heterocycles. The van der Waals surface area contributed by atoms with Crippen LogP contribution in [0.1, 0.15) is 11.1 Å². The summed E-state index contributed by atoms with van der Waals surface area (Å²) in [6, 6.07) is 28.3. The van der Waals surface area contributed by atoms with Gasteiger partial charge in [0.15, 0.2) is 0 Å². The number of pyridine rings is 1. The van der Waals surface area contributed by atoms with Crippen LogP contribution in [0.5, 0.6) is 0 Å². The molecule has 1 N–H and O–H groups in total. The molecule has 0 bridgehead atoms. The third kappa shape index (κ3) is 3.28. The van der Waals surface area contributed by atoms with E-state index in [1.165, 1.54) is 5.56 Å². The van der Waals surface area contributed by atoms with Crippen molar-refractivity contribution in [3.8, 4) is 17.2 Å². The molecule has 4 heteroatoms. The van der Waals surface area contributed by atoms with Crippen molar-refractivity contribution in [2.75, 3.05) is 11.9 Å². The molecule has 132 valence electrons. The predicted molar refractivity (Wildman–Crippen MR) is 111 cm³/mol. The number of aromatic nitrogens is 1. The second-order valence-electron chi connectivity index (χ2n) is 6.31. The van der Waals surface area contributed by atoms with E-state index < -0.39 is 0 Å². The molecule has 0 unspecified atom stereocenters. The summed E-state index contributed by atoms with van der Waals surface area (Å²) in [6.07, 6.45) is 0.884. The van der Waals surface area contributed by atoms with E-state index in [1.807, 2.05) is 71.1 Å². The molecule has 0 atom stereocenters. The Kier molecular flexibility index (Phi) is 4.82. The topological polar surface area (TPSA) is 40.2 Å². The molecular weight excluding hydrogens is 354 g/mol. The summed E-state index contributed by atoms with van der Waals surface area (Å²) in [7, 11) is 0. The Morgan fingerprint density at radius 2 is 1.59 bits per heavy atom. The van der Waals surface area contributed by atoms with Crippen molar-refractivity contribution in [2.45, 2.75) is 6.42 Å². The fourth-order valence-electron chi connectivity index (χ4n) is 3.40. The number of nitriles is 1. The van der Waals surface area contributed by atoms with Crippen LogP contribution in [0.3, 0.4) is 0 Å². The molecule has 4 aromatic rings. The number of rotatable bonds is 5. The van der Waals surface area contributed by atoms with Gasteiger partial charge in [-0.15, -0.1) is 0 Å². The Morgan fingerprint density at radius 3 is 2.30 bits per heavy atom. The van der Waals surface area contributed by atoms with Gasteiger partial charge in [-0.1, -0.05) is 78.3 Å². The normalized spacial score (nSPS) is 10.7. The molecular formula is C23H18ClN3. The van der Waals surface area contributed by atoms with Gasteiger partial charge in [0, 0.05) is 12.1 Å². The highest BCUT2D eigenvalue weighted by molar-refractivity contribution is 6.30. The Bertz CT molecular complexity index is 1110. The smallest absolute Gasteiger partial charge is 0.121 e. The van der Waals surface area contributed by atoms with Crippen LogP contribution in [0.15, 0.2) is 78.9 Å². The summed E-state index contributed by atoms with van der Waals surface area (Å²) in [6.45, 7) is 0.742. The van der Waals surface area contributed by atoms with E-state index in [0.29, 0.717) is 10.7 Å². The summed E-state index contributed by atoms with van der Waals surface area (Å²) in [5, 5.41) is 14.0. The molecule has 2 heterocycles. The number of hydrogen-bond acceptors (Lipinski definition) is 2. The standard InChI is InChI=1S/C23H18ClN3/c24-21-13-7-12-20-19(16-25)22(18-10-5-2-6-11-18)23(27(20)21)26-15-14-17-8-3-1-4-9-17/h1-13,26H,14-15H2. The van der Waals surface area contributed by atoms with Crippen LogP contribution >= 0.6 is 11.6 Å². The van der Waals surface area contributed by atoms with Gasteiger partial charge in [0.1, 0.15) is 17.0 Å². The largest absolute Gasteiger partial charge is 0.370 e. The number of benzene rings is 2. The minimum absolute atomic E-state index is 0.577. The highest BCUT2D eigenvalue weighted by Crippen LogP contribution is 2.38. The molecule has 0 aliphatic carbocycles. The average Bonchev–Trinajstić information content (AvgIpc) is 3.04. The SMILES string of the molecule is N#Cc1c(-c2ccccc2)c(NCCc2ccccc2)n2c(Cl)cccc12. The lowest BCUT2D eigenvalue weighted by Gasteiger charge is -2.11. The van der Waals surface area contributed by atoms with E-state index in [0.717, 1.165) is 35.4 Å². The van der Waals surface area contributed by atoms with Crippen molar-refractivity contribution in [3.05, 3.63) is 95.1 Å². The minimum Gasteiger partial charge on any atom is -0.370 e. The molecule has 4 rings (SSSR count). The van der Waals surface area contributed by atoms with Crippen molar-refractivity contribution in [1.82, 2.24) is 4.40 Å². The van der Waals surface area contributed by atoms with Crippen molar-refractivity contribution in [2.24, 2.45) is 0 Å². The van der Waals surface area contributed by atoms with Gasteiger partial charge in [-0.3, -0.25) is 4.40 Å². The first kappa shape index (κ1) is 17.2. The summed E-state index contributed by atoms with van der Waals surface area (Å²) in [4.78, 5) is 0. The maximum Gasteiger partial charge on any atom is 0.121 e. The number of nitrogens with zero attached hydrogens (tertiary/aromatic N) is 2. The van der Waals surface area contributed by atoms with Crippen molar-refractivity contribution in [1.29, 1.82) is 5.26 Å².